The molecule has 0 radical (unpaired) electrons. The smallest absolute Gasteiger partial charge is 0.123 e. The van der Waals surface area contributed by atoms with Crippen LogP contribution >= 0.6 is 15.9 Å². The number of hydrogen-bond acceptors (Lipinski definition) is 6. The number of hydrogen-bond donors (Lipinski definition) is 0. The van der Waals surface area contributed by atoms with E-state index in [1.807, 2.05) is 103 Å². The van der Waals surface area contributed by atoms with Gasteiger partial charge < -0.3 is 28.4 Å². The van der Waals surface area contributed by atoms with Crippen LogP contribution < -0.4 is 28.4 Å². The number of alkyl halides is 1. The van der Waals surface area contributed by atoms with Crippen molar-refractivity contribution in [1.82, 2.24) is 0 Å². The van der Waals surface area contributed by atoms with E-state index in [-0.39, 0.29) is 13.2 Å². The number of rotatable bonds is 27. The molecule has 0 bridgehead atoms. The summed E-state index contributed by atoms with van der Waals surface area (Å²) >= 11 is 3.77. The summed E-state index contributed by atoms with van der Waals surface area (Å²) in [6, 6.07) is 129. The first kappa shape index (κ1) is 67.4. The third-order valence-electron chi connectivity index (χ3n) is 18.2. The van der Waals surface area contributed by atoms with E-state index < -0.39 is 0 Å². The van der Waals surface area contributed by atoms with Gasteiger partial charge in [-0.1, -0.05) is 259 Å². The van der Waals surface area contributed by atoms with Crippen molar-refractivity contribution in [3.8, 4) is 124 Å². The second-order valence-corrected chi connectivity index (χ2v) is 26.5. The third-order valence-corrected chi connectivity index (χ3v) is 18.9. The Labute approximate surface area is 617 Å². The van der Waals surface area contributed by atoms with Gasteiger partial charge in [0.05, 0.1) is 0 Å². The van der Waals surface area contributed by atoms with E-state index in [0.29, 0.717) is 66.3 Å². The van der Waals surface area contributed by atoms with E-state index in [2.05, 4.69) is 283 Å². The van der Waals surface area contributed by atoms with Crippen LogP contribution in [0, 0.1) is 0 Å². The van der Waals surface area contributed by atoms with Crippen LogP contribution in [0.3, 0.4) is 0 Å². The van der Waals surface area contributed by atoms with Gasteiger partial charge in [-0.25, -0.2) is 0 Å². The Bertz CT molecular complexity index is 4470. The number of benzene rings is 15. The molecule has 0 unspecified atom stereocenters. The molecule has 0 aliphatic carbocycles. The van der Waals surface area contributed by atoms with Gasteiger partial charge in [0, 0.05) is 23.5 Å². The van der Waals surface area contributed by atoms with E-state index in [0.717, 1.165) is 128 Å². The van der Waals surface area contributed by atoms with E-state index in [1.54, 1.807) is 0 Å². The summed E-state index contributed by atoms with van der Waals surface area (Å²) in [5.41, 5.74) is 24.9. The summed E-state index contributed by atoms with van der Waals surface area (Å²) in [7, 11) is 0. The van der Waals surface area contributed by atoms with Crippen molar-refractivity contribution in [2.24, 2.45) is 0 Å². The van der Waals surface area contributed by atoms with E-state index >= 15 is 0 Å². The lowest BCUT2D eigenvalue weighted by molar-refractivity contribution is 0.276. The lowest BCUT2D eigenvalue weighted by atomic mass is 9.96. The largest absolute Gasteiger partial charge is 0.489 e. The summed E-state index contributed by atoms with van der Waals surface area (Å²) in [4.78, 5) is 0. The molecule has 0 aliphatic heterocycles. The van der Waals surface area contributed by atoms with Gasteiger partial charge in [0.1, 0.15) is 74.1 Å². The van der Waals surface area contributed by atoms with Crippen LogP contribution in [0.4, 0.5) is 0 Å². The van der Waals surface area contributed by atoms with Crippen molar-refractivity contribution < 1.29 is 28.4 Å². The molecule has 6 nitrogen and oxygen atoms in total. The SMILES string of the molecule is BrCc1cc(OCc2cc(OCc3cc(-c4ccccc4)cc(-c4ccccc4)c3)cc(OCc3cc(-c4ccccc4)cc(-c4ccccc4)c3)c2)cc(OCc2cc(OCc3cc(-c4ccccc4)cc(-c4ccccc4)c3)cc(OCc3cc(-c4ccccc4)cc(-c4ccccc4)c3)c2)c1. The maximum Gasteiger partial charge on any atom is 0.123 e. The second kappa shape index (κ2) is 32.9. The average Bonchev–Trinajstić information content (AvgIpc) is 0.831. The maximum absolute atomic E-state index is 6.84. The highest BCUT2D eigenvalue weighted by atomic mass is 79.9. The van der Waals surface area contributed by atoms with Gasteiger partial charge in [-0.15, -0.1) is 0 Å². The fraction of sp³-hybridized carbons (Fsp3) is 0.0722. The maximum atomic E-state index is 6.84. The van der Waals surface area contributed by atoms with Gasteiger partial charge in [-0.05, 0) is 237 Å². The molecule has 0 fully saturated rings. The van der Waals surface area contributed by atoms with Crippen molar-refractivity contribution in [1.29, 1.82) is 0 Å². The zero-order valence-electron chi connectivity index (χ0n) is 57.5. The van der Waals surface area contributed by atoms with Crippen molar-refractivity contribution >= 4 is 15.9 Å². The summed E-state index contributed by atoms with van der Waals surface area (Å²) < 4.78 is 41.0. The molecule has 0 saturated heterocycles. The molecule has 104 heavy (non-hydrogen) atoms. The van der Waals surface area contributed by atoms with Gasteiger partial charge in [0.15, 0.2) is 0 Å². The second-order valence-electron chi connectivity index (χ2n) is 25.9. The highest BCUT2D eigenvalue weighted by molar-refractivity contribution is 9.08. The fourth-order valence-corrected chi connectivity index (χ4v) is 13.4. The molecule has 0 atom stereocenters. The molecule has 7 heteroatoms. The molecular weight excluding hydrogens is 1340 g/mol. The Hall–Kier alpha value is -12.4. The molecule has 15 aromatic rings. The topological polar surface area (TPSA) is 55.4 Å². The standard InChI is InChI=1S/C97H75BrO6/c98-62-69-49-92(103-67-74-51-94(99-63-70-41-84(76-25-9-1-10-26-76)55-85(42-70)77-27-11-2-12-28-77)60-95(52-74)100-64-71-43-86(78-29-13-3-14-30-78)56-87(44-71)79-31-15-4-16-32-79)59-93(50-69)104-68-75-53-96(101-65-72-45-88(80-33-17-5-18-34-80)57-89(46-72)81-35-19-6-20-36-81)61-97(54-75)102-66-73-47-90(82-37-21-7-22-38-82)58-91(48-73)83-39-23-8-24-40-83/h1-61H,62-68H2. The molecule has 0 amide bonds. The first-order valence-corrected chi connectivity index (χ1v) is 36.2. The van der Waals surface area contributed by atoms with Gasteiger partial charge in [-0.2, -0.15) is 0 Å². The highest BCUT2D eigenvalue weighted by Gasteiger charge is 2.16. The number of ether oxygens (including phenoxy) is 6. The van der Waals surface area contributed by atoms with Crippen molar-refractivity contribution in [2.75, 3.05) is 0 Å². The molecule has 0 saturated carbocycles. The predicted molar refractivity (Wildman–Crippen MR) is 427 cm³/mol. The van der Waals surface area contributed by atoms with Crippen LogP contribution in [0.15, 0.2) is 370 Å². The van der Waals surface area contributed by atoms with E-state index in [1.165, 1.54) is 0 Å². The predicted octanol–water partition coefficient (Wildman–Crippen LogP) is 25.4. The normalized spacial score (nSPS) is 11.0. The quantitative estimate of drug-likeness (QED) is 0.0478. The molecule has 0 aliphatic rings. The Kier molecular flexibility index (Phi) is 21.3. The first-order chi connectivity index (χ1) is 51.4. The molecule has 15 rings (SSSR count). The zero-order valence-corrected chi connectivity index (χ0v) is 59.1. The van der Waals surface area contributed by atoms with E-state index in [4.69, 9.17) is 28.4 Å². The lowest BCUT2D eigenvalue weighted by Gasteiger charge is -2.17. The van der Waals surface area contributed by atoms with Gasteiger partial charge in [0.2, 0.25) is 0 Å². The van der Waals surface area contributed by atoms with Gasteiger partial charge in [-0.3, -0.25) is 0 Å². The molecule has 15 aromatic carbocycles. The summed E-state index contributed by atoms with van der Waals surface area (Å²) in [6.45, 7) is 1.69. The molecular formula is C97H75BrO6. The Morgan fingerprint density at radius 2 is 0.288 bits per heavy atom. The van der Waals surface area contributed by atoms with Gasteiger partial charge >= 0.3 is 0 Å². The van der Waals surface area contributed by atoms with Crippen LogP contribution in [0.2, 0.25) is 0 Å². The summed E-state index contributed by atoms with van der Waals surface area (Å²) in [5.74, 6) is 3.89. The molecule has 0 aromatic heterocycles. The first-order valence-electron chi connectivity index (χ1n) is 35.1. The molecule has 0 N–H and O–H groups in total. The van der Waals surface area contributed by atoms with Crippen molar-refractivity contribution in [3.63, 3.8) is 0 Å². The van der Waals surface area contributed by atoms with Crippen LogP contribution in [-0.4, -0.2) is 0 Å². The van der Waals surface area contributed by atoms with Crippen molar-refractivity contribution in [3.05, 3.63) is 409 Å². The van der Waals surface area contributed by atoms with Crippen LogP contribution in [0.25, 0.3) is 89.0 Å². The summed E-state index contributed by atoms with van der Waals surface area (Å²) in [5, 5.41) is 0.576. The molecule has 0 spiro atoms. The van der Waals surface area contributed by atoms with E-state index in [9.17, 15) is 0 Å². The average molecular weight is 1420 g/mol. The minimum absolute atomic E-state index is 0.213. The summed E-state index contributed by atoms with van der Waals surface area (Å²) in [6.07, 6.45) is 0. The molecule has 506 valence electrons. The zero-order chi connectivity index (χ0) is 70.1. The third kappa shape index (κ3) is 17.6. The Morgan fingerprint density at radius 3 is 0.442 bits per heavy atom. The minimum atomic E-state index is 0.213. The fourth-order valence-electron chi connectivity index (χ4n) is 13.1. The molecule has 0 heterocycles. The van der Waals surface area contributed by atoms with Crippen LogP contribution in [0.1, 0.15) is 38.9 Å². The number of halogens is 1. The monoisotopic (exact) mass is 1410 g/mol. The van der Waals surface area contributed by atoms with Crippen LogP contribution in [-0.2, 0) is 45.0 Å². The van der Waals surface area contributed by atoms with Gasteiger partial charge in [0.25, 0.3) is 0 Å². The van der Waals surface area contributed by atoms with Crippen LogP contribution in [0.5, 0.6) is 34.5 Å². The van der Waals surface area contributed by atoms with Crippen molar-refractivity contribution in [2.45, 2.75) is 45.0 Å². The Morgan fingerprint density at radius 1 is 0.144 bits per heavy atom. The minimum Gasteiger partial charge on any atom is -0.489 e. The Balaban J connectivity index is 0.715. The highest BCUT2D eigenvalue weighted by Crippen LogP contribution is 2.37. The lowest BCUT2D eigenvalue weighted by Crippen LogP contribution is -2.03.